The second kappa shape index (κ2) is 15.2. The second-order valence-electron chi connectivity index (χ2n) is 11.2. The standard InChI is InChI=1S/C35H37ClFN3O4S/c1-25(2)22-38-35(42)33(21-27-11-5-4-6-12-27)39(23-28-13-7-9-15-31(28)37)34(41)24-40(32-16-10-8-14-30(32)36)45(43,44)29-19-17-26(3)18-20-29/h4-20,25,33H,21-24H2,1-3H3,(H,38,42)/t33-/m1/s1. The number of nitrogens with one attached hydrogen (secondary N) is 1. The minimum absolute atomic E-state index is 0.0306. The quantitative estimate of drug-likeness (QED) is 0.182. The van der Waals surface area contributed by atoms with Crippen LogP contribution in [0.3, 0.4) is 0 Å². The molecule has 236 valence electrons. The molecular formula is C35H37ClFN3O4S. The Balaban J connectivity index is 1.81. The Morgan fingerprint density at radius 3 is 2.13 bits per heavy atom. The fraction of sp³-hybridized carbons (Fsp3) is 0.257. The molecule has 0 heterocycles. The summed E-state index contributed by atoms with van der Waals surface area (Å²) in [6, 6.07) is 26.7. The molecule has 0 spiro atoms. The van der Waals surface area contributed by atoms with Crippen LogP contribution in [-0.4, -0.2) is 44.3 Å². The van der Waals surface area contributed by atoms with Gasteiger partial charge in [-0.25, -0.2) is 12.8 Å². The van der Waals surface area contributed by atoms with E-state index in [9.17, 15) is 18.0 Å². The molecule has 4 aromatic rings. The minimum atomic E-state index is -4.30. The number of nitrogens with zero attached hydrogens (tertiary/aromatic N) is 2. The maximum atomic E-state index is 15.0. The summed E-state index contributed by atoms with van der Waals surface area (Å²) in [6.07, 6.45) is 0.127. The van der Waals surface area contributed by atoms with Crippen LogP contribution in [0.4, 0.5) is 10.1 Å². The van der Waals surface area contributed by atoms with Crippen LogP contribution in [0.5, 0.6) is 0 Å². The Morgan fingerprint density at radius 1 is 0.867 bits per heavy atom. The number of para-hydroxylation sites is 1. The molecule has 45 heavy (non-hydrogen) atoms. The smallest absolute Gasteiger partial charge is 0.264 e. The molecule has 0 unspecified atom stereocenters. The van der Waals surface area contributed by atoms with Gasteiger partial charge < -0.3 is 10.2 Å². The van der Waals surface area contributed by atoms with Crippen molar-refractivity contribution in [3.8, 4) is 0 Å². The first-order chi connectivity index (χ1) is 21.5. The number of carbonyl (C=O) groups is 2. The Kier molecular flexibility index (Phi) is 11.4. The normalized spacial score (nSPS) is 12.0. The molecule has 10 heteroatoms. The molecule has 2 amide bonds. The molecule has 0 radical (unpaired) electrons. The monoisotopic (exact) mass is 649 g/mol. The summed E-state index contributed by atoms with van der Waals surface area (Å²) in [6.45, 7) is 5.15. The van der Waals surface area contributed by atoms with Crippen LogP contribution in [0.2, 0.25) is 5.02 Å². The predicted molar refractivity (Wildman–Crippen MR) is 176 cm³/mol. The third-order valence-electron chi connectivity index (χ3n) is 7.26. The molecule has 0 aliphatic heterocycles. The van der Waals surface area contributed by atoms with Gasteiger partial charge in [0.25, 0.3) is 10.0 Å². The van der Waals surface area contributed by atoms with Crippen LogP contribution in [0.15, 0.2) is 108 Å². The van der Waals surface area contributed by atoms with Gasteiger partial charge in [0.2, 0.25) is 11.8 Å². The van der Waals surface area contributed by atoms with Gasteiger partial charge >= 0.3 is 0 Å². The van der Waals surface area contributed by atoms with E-state index in [2.05, 4.69) is 5.32 Å². The summed E-state index contributed by atoms with van der Waals surface area (Å²) >= 11 is 6.50. The first-order valence-corrected chi connectivity index (χ1v) is 16.5. The summed E-state index contributed by atoms with van der Waals surface area (Å²) < 4.78 is 44.2. The van der Waals surface area contributed by atoms with E-state index in [1.54, 1.807) is 30.3 Å². The van der Waals surface area contributed by atoms with Crippen LogP contribution in [0.1, 0.15) is 30.5 Å². The Labute approximate surface area is 269 Å². The molecular weight excluding hydrogens is 613 g/mol. The van der Waals surface area contributed by atoms with Gasteiger partial charge in [0.05, 0.1) is 15.6 Å². The van der Waals surface area contributed by atoms with Crippen LogP contribution in [0.25, 0.3) is 0 Å². The third kappa shape index (κ3) is 8.71. The number of rotatable bonds is 13. The molecule has 1 N–H and O–H groups in total. The van der Waals surface area contributed by atoms with E-state index in [1.165, 1.54) is 47.4 Å². The molecule has 0 aliphatic carbocycles. The average Bonchev–Trinajstić information content (AvgIpc) is 3.02. The minimum Gasteiger partial charge on any atom is -0.354 e. The Bertz CT molecular complexity index is 1720. The van der Waals surface area contributed by atoms with Crippen molar-refractivity contribution in [3.05, 3.63) is 131 Å². The molecule has 0 fully saturated rings. The van der Waals surface area contributed by atoms with Gasteiger partial charge in [-0.3, -0.25) is 13.9 Å². The van der Waals surface area contributed by atoms with Crippen molar-refractivity contribution in [2.24, 2.45) is 5.92 Å². The van der Waals surface area contributed by atoms with E-state index < -0.39 is 40.2 Å². The van der Waals surface area contributed by atoms with Gasteiger partial charge in [0.15, 0.2) is 0 Å². The molecule has 7 nitrogen and oxygen atoms in total. The van der Waals surface area contributed by atoms with Gasteiger partial charge in [-0.15, -0.1) is 0 Å². The van der Waals surface area contributed by atoms with E-state index in [4.69, 9.17) is 11.6 Å². The van der Waals surface area contributed by atoms with Gasteiger partial charge in [-0.05, 0) is 48.7 Å². The molecule has 0 saturated carbocycles. The van der Waals surface area contributed by atoms with Gasteiger partial charge in [-0.2, -0.15) is 0 Å². The van der Waals surface area contributed by atoms with Crippen LogP contribution in [0, 0.1) is 18.7 Å². The van der Waals surface area contributed by atoms with Gasteiger partial charge in [0.1, 0.15) is 18.4 Å². The predicted octanol–water partition coefficient (Wildman–Crippen LogP) is 6.40. The first-order valence-electron chi connectivity index (χ1n) is 14.7. The van der Waals surface area contributed by atoms with E-state index in [0.29, 0.717) is 6.54 Å². The Hall–Kier alpha value is -4.21. The summed E-state index contributed by atoms with van der Waals surface area (Å²) in [7, 11) is -4.30. The molecule has 1 atom stereocenters. The van der Waals surface area contributed by atoms with Crippen molar-refractivity contribution in [2.45, 2.75) is 44.7 Å². The lowest BCUT2D eigenvalue weighted by atomic mass is 10.0. The SMILES string of the molecule is Cc1ccc(S(=O)(=O)N(CC(=O)N(Cc2ccccc2F)[C@H](Cc2ccccc2)C(=O)NCC(C)C)c2ccccc2Cl)cc1. The highest BCUT2D eigenvalue weighted by atomic mass is 35.5. The number of halogens is 2. The summed E-state index contributed by atoms with van der Waals surface area (Å²) in [5.74, 6) is -1.54. The van der Waals surface area contributed by atoms with Crippen LogP contribution < -0.4 is 9.62 Å². The molecule has 0 aromatic heterocycles. The zero-order chi connectivity index (χ0) is 32.6. The topological polar surface area (TPSA) is 86.8 Å². The van der Waals surface area contributed by atoms with Crippen molar-refractivity contribution in [1.82, 2.24) is 10.2 Å². The lowest BCUT2D eigenvalue weighted by molar-refractivity contribution is -0.140. The van der Waals surface area contributed by atoms with Crippen molar-refractivity contribution < 1.29 is 22.4 Å². The highest BCUT2D eigenvalue weighted by Gasteiger charge is 2.35. The molecule has 0 bridgehead atoms. The van der Waals surface area contributed by atoms with Gasteiger partial charge in [0, 0.05) is 25.1 Å². The number of anilines is 1. The van der Waals surface area contributed by atoms with Crippen LogP contribution in [-0.2, 0) is 32.6 Å². The number of benzene rings is 4. The summed E-state index contributed by atoms with van der Waals surface area (Å²) in [4.78, 5) is 29.4. The van der Waals surface area contributed by atoms with E-state index >= 15 is 4.39 Å². The Morgan fingerprint density at radius 2 is 1.49 bits per heavy atom. The van der Waals surface area contributed by atoms with Crippen molar-refractivity contribution in [2.75, 3.05) is 17.4 Å². The highest BCUT2D eigenvalue weighted by Crippen LogP contribution is 2.31. The van der Waals surface area contributed by atoms with Crippen molar-refractivity contribution in [1.29, 1.82) is 0 Å². The fourth-order valence-corrected chi connectivity index (χ4v) is 6.51. The largest absolute Gasteiger partial charge is 0.354 e. The number of carbonyl (C=O) groups excluding carboxylic acids is 2. The summed E-state index contributed by atoms with van der Waals surface area (Å²) in [5, 5.41) is 3.04. The van der Waals surface area contributed by atoms with Crippen molar-refractivity contribution in [3.63, 3.8) is 0 Å². The second-order valence-corrected chi connectivity index (χ2v) is 13.5. The molecule has 4 aromatic carbocycles. The van der Waals surface area contributed by atoms with Crippen LogP contribution >= 0.6 is 11.6 Å². The molecule has 0 aliphatic rings. The first kappa shape index (κ1) is 33.7. The zero-order valence-corrected chi connectivity index (χ0v) is 27.1. The fourth-order valence-electron chi connectivity index (χ4n) is 4.79. The number of aryl methyl sites for hydroxylation is 1. The lowest BCUT2D eigenvalue weighted by Gasteiger charge is -2.34. The maximum Gasteiger partial charge on any atom is 0.264 e. The molecule has 4 rings (SSSR count). The third-order valence-corrected chi connectivity index (χ3v) is 9.36. The van der Waals surface area contributed by atoms with E-state index in [0.717, 1.165) is 15.4 Å². The number of sulfonamides is 1. The van der Waals surface area contributed by atoms with E-state index in [-0.39, 0.29) is 40.1 Å². The highest BCUT2D eigenvalue weighted by molar-refractivity contribution is 7.92. The summed E-state index contributed by atoms with van der Waals surface area (Å²) in [5.41, 5.74) is 1.93. The number of hydrogen-bond acceptors (Lipinski definition) is 4. The molecule has 0 saturated heterocycles. The average molecular weight is 650 g/mol. The maximum absolute atomic E-state index is 15.0. The lowest BCUT2D eigenvalue weighted by Crippen LogP contribution is -2.53. The number of amides is 2. The zero-order valence-electron chi connectivity index (χ0n) is 25.5. The van der Waals surface area contributed by atoms with E-state index in [1.807, 2.05) is 51.1 Å². The van der Waals surface area contributed by atoms with Crippen molar-refractivity contribution >= 4 is 39.1 Å². The number of hydrogen-bond donors (Lipinski definition) is 1. The van der Waals surface area contributed by atoms with Gasteiger partial charge in [-0.1, -0.05) is 104 Å².